The number of hydrogen-bond acceptors (Lipinski definition) is 2. The van der Waals surface area contributed by atoms with E-state index in [2.05, 4.69) is 11.4 Å². The Hall–Kier alpha value is -1.74. The monoisotopic (exact) mass is 305 g/mol. The Balaban J connectivity index is 1.61. The van der Waals surface area contributed by atoms with E-state index in [9.17, 15) is 4.39 Å². The maximum atomic E-state index is 13.4. The molecule has 2 nitrogen and oxygen atoms in total. The molecule has 0 spiro atoms. The molecule has 0 heterocycles. The van der Waals surface area contributed by atoms with Crippen molar-refractivity contribution in [1.82, 2.24) is 0 Å². The normalized spacial score (nSPS) is 20.7. The molecule has 0 saturated heterocycles. The molecule has 4 heteroatoms. The minimum Gasteiger partial charge on any atom is -0.494 e. The van der Waals surface area contributed by atoms with Gasteiger partial charge in [0.25, 0.3) is 0 Å². The van der Waals surface area contributed by atoms with Gasteiger partial charge in [-0.05, 0) is 42.5 Å². The van der Waals surface area contributed by atoms with Crippen LogP contribution < -0.4 is 10.1 Å². The second-order valence-corrected chi connectivity index (χ2v) is 5.79. The molecule has 2 aromatic carbocycles. The fourth-order valence-corrected chi connectivity index (χ4v) is 3.07. The summed E-state index contributed by atoms with van der Waals surface area (Å²) in [6, 6.07) is 13.2. The molecule has 0 aliphatic heterocycles. The van der Waals surface area contributed by atoms with Crippen LogP contribution in [-0.4, -0.2) is 13.2 Å². The molecule has 0 unspecified atom stereocenters. The van der Waals surface area contributed by atoms with Crippen LogP contribution in [0, 0.1) is 5.82 Å². The van der Waals surface area contributed by atoms with Crippen molar-refractivity contribution in [2.75, 3.05) is 12.4 Å². The molecule has 1 aliphatic carbocycles. The van der Waals surface area contributed by atoms with Crippen LogP contribution >= 0.6 is 11.6 Å². The quantitative estimate of drug-likeness (QED) is 0.872. The highest BCUT2D eigenvalue weighted by Gasteiger charge is 2.31. The number of halogens is 2. The Morgan fingerprint density at radius 2 is 1.95 bits per heavy atom. The first-order valence-electron chi connectivity index (χ1n) is 7.02. The third kappa shape index (κ3) is 2.98. The molecule has 0 bridgehead atoms. The number of benzene rings is 2. The molecule has 1 aliphatic rings. The minimum absolute atomic E-state index is 0.266. The molecule has 0 amide bonds. The van der Waals surface area contributed by atoms with Crippen molar-refractivity contribution in [3.63, 3.8) is 0 Å². The minimum atomic E-state index is -0.342. The summed E-state index contributed by atoms with van der Waals surface area (Å²) in [6.07, 6.45) is 2.06. The van der Waals surface area contributed by atoms with E-state index in [1.165, 1.54) is 18.7 Å². The van der Waals surface area contributed by atoms with E-state index in [1.54, 1.807) is 12.1 Å². The van der Waals surface area contributed by atoms with Crippen LogP contribution in [0.25, 0.3) is 0 Å². The van der Waals surface area contributed by atoms with Crippen molar-refractivity contribution < 1.29 is 9.13 Å². The zero-order valence-corrected chi connectivity index (χ0v) is 12.5. The van der Waals surface area contributed by atoms with Gasteiger partial charge >= 0.3 is 0 Å². The smallest absolute Gasteiger partial charge is 0.165 e. The Morgan fingerprint density at radius 3 is 2.67 bits per heavy atom. The van der Waals surface area contributed by atoms with Crippen LogP contribution in [0.5, 0.6) is 5.75 Å². The standard InChI is InChI=1S/C17H17ClFNO/c1-21-17-10-12(6-7-16(17)19)20-13-8-11(9-13)14-4-2-3-5-15(14)18/h2-7,10-11,13,20H,8-9H2,1H3. The van der Waals surface area contributed by atoms with E-state index in [4.69, 9.17) is 16.3 Å². The lowest BCUT2D eigenvalue weighted by molar-refractivity contribution is 0.372. The first-order valence-corrected chi connectivity index (χ1v) is 7.39. The van der Waals surface area contributed by atoms with Gasteiger partial charge in [0.05, 0.1) is 7.11 Å². The van der Waals surface area contributed by atoms with Gasteiger partial charge in [0.15, 0.2) is 11.6 Å². The van der Waals surface area contributed by atoms with Crippen LogP contribution in [-0.2, 0) is 0 Å². The summed E-state index contributed by atoms with van der Waals surface area (Å²) < 4.78 is 18.4. The molecular formula is C17H17ClFNO. The van der Waals surface area contributed by atoms with Gasteiger partial charge in [-0.1, -0.05) is 29.8 Å². The van der Waals surface area contributed by atoms with Gasteiger partial charge in [-0.15, -0.1) is 0 Å². The van der Waals surface area contributed by atoms with E-state index in [1.807, 2.05) is 18.2 Å². The molecule has 0 aromatic heterocycles. The fourth-order valence-electron chi connectivity index (χ4n) is 2.78. The van der Waals surface area contributed by atoms with E-state index in [-0.39, 0.29) is 11.6 Å². The van der Waals surface area contributed by atoms with Gasteiger partial charge in [0.2, 0.25) is 0 Å². The second-order valence-electron chi connectivity index (χ2n) is 5.38. The highest BCUT2D eigenvalue weighted by atomic mass is 35.5. The highest BCUT2D eigenvalue weighted by molar-refractivity contribution is 6.31. The Bertz CT molecular complexity index is 640. The van der Waals surface area contributed by atoms with E-state index in [0.29, 0.717) is 12.0 Å². The molecule has 1 saturated carbocycles. The van der Waals surface area contributed by atoms with Crippen molar-refractivity contribution in [1.29, 1.82) is 0 Å². The summed E-state index contributed by atoms with van der Waals surface area (Å²) in [5.74, 6) is 0.422. The maximum Gasteiger partial charge on any atom is 0.165 e. The van der Waals surface area contributed by atoms with Crippen LogP contribution in [0.1, 0.15) is 24.3 Å². The molecule has 0 atom stereocenters. The molecule has 3 rings (SSSR count). The lowest BCUT2D eigenvalue weighted by Crippen LogP contribution is -2.34. The number of hydrogen-bond donors (Lipinski definition) is 1. The number of nitrogens with one attached hydrogen (secondary N) is 1. The number of ether oxygens (including phenoxy) is 1. The largest absolute Gasteiger partial charge is 0.494 e. The fraction of sp³-hybridized carbons (Fsp3) is 0.294. The van der Waals surface area contributed by atoms with E-state index in [0.717, 1.165) is 23.6 Å². The van der Waals surface area contributed by atoms with Gasteiger partial charge < -0.3 is 10.1 Å². The summed E-state index contributed by atoms with van der Waals surface area (Å²) in [4.78, 5) is 0. The van der Waals surface area contributed by atoms with Crippen molar-refractivity contribution >= 4 is 17.3 Å². The summed E-state index contributed by atoms with van der Waals surface area (Å²) in [5, 5.41) is 4.25. The summed E-state index contributed by atoms with van der Waals surface area (Å²) in [6.45, 7) is 0. The van der Waals surface area contributed by atoms with Crippen LogP contribution in [0.3, 0.4) is 0 Å². The number of methoxy groups -OCH3 is 1. The topological polar surface area (TPSA) is 21.3 Å². The van der Waals surface area contributed by atoms with Crippen LogP contribution in [0.2, 0.25) is 5.02 Å². The molecule has 2 aromatic rings. The average Bonchev–Trinajstić information content (AvgIpc) is 2.45. The summed E-state index contributed by atoms with van der Waals surface area (Å²) >= 11 is 6.22. The van der Waals surface area contributed by atoms with E-state index < -0.39 is 0 Å². The van der Waals surface area contributed by atoms with Crippen molar-refractivity contribution in [2.24, 2.45) is 0 Å². The van der Waals surface area contributed by atoms with Crippen molar-refractivity contribution in [3.8, 4) is 5.75 Å². The van der Waals surface area contributed by atoms with Gasteiger partial charge in [-0.25, -0.2) is 4.39 Å². The maximum absolute atomic E-state index is 13.4. The predicted molar refractivity (Wildman–Crippen MR) is 83.8 cm³/mol. The van der Waals surface area contributed by atoms with Gasteiger partial charge in [0, 0.05) is 22.8 Å². The summed E-state index contributed by atoms with van der Waals surface area (Å²) in [7, 11) is 1.47. The SMILES string of the molecule is COc1cc(NC2CC(c3ccccc3Cl)C2)ccc1F. The van der Waals surface area contributed by atoms with Crippen molar-refractivity contribution in [3.05, 3.63) is 58.9 Å². The third-order valence-corrected chi connectivity index (χ3v) is 4.35. The molecule has 21 heavy (non-hydrogen) atoms. The van der Waals surface area contributed by atoms with Crippen LogP contribution in [0.15, 0.2) is 42.5 Å². The lowest BCUT2D eigenvalue weighted by Gasteiger charge is -2.37. The predicted octanol–water partition coefficient (Wildman–Crippen LogP) is 4.85. The average molecular weight is 306 g/mol. The second kappa shape index (κ2) is 5.94. The van der Waals surface area contributed by atoms with Gasteiger partial charge in [0.1, 0.15) is 0 Å². The lowest BCUT2D eigenvalue weighted by atomic mass is 9.76. The van der Waals surface area contributed by atoms with Gasteiger partial charge in [-0.3, -0.25) is 0 Å². The molecule has 0 radical (unpaired) electrons. The van der Waals surface area contributed by atoms with E-state index >= 15 is 0 Å². The Kier molecular flexibility index (Phi) is 4.02. The number of anilines is 1. The molecule has 1 N–H and O–H groups in total. The molecular weight excluding hydrogens is 289 g/mol. The first-order chi connectivity index (χ1) is 10.2. The van der Waals surface area contributed by atoms with Crippen molar-refractivity contribution in [2.45, 2.75) is 24.8 Å². The zero-order valence-electron chi connectivity index (χ0n) is 11.8. The highest BCUT2D eigenvalue weighted by Crippen LogP contribution is 2.41. The molecule has 110 valence electrons. The third-order valence-electron chi connectivity index (χ3n) is 4.01. The first kappa shape index (κ1) is 14.2. The zero-order chi connectivity index (χ0) is 14.8. The number of rotatable bonds is 4. The van der Waals surface area contributed by atoms with Crippen LogP contribution in [0.4, 0.5) is 10.1 Å². The molecule has 1 fully saturated rings. The Labute approximate surface area is 128 Å². The summed E-state index contributed by atoms with van der Waals surface area (Å²) in [5.41, 5.74) is 2.10. The Morgan fingerprint density at radius 1 is 1.19 bits per heavy atom. The van der Waals surface area contributed by atoms with Gasteiger partial charge in [-0.2, -0.15) is 0 Å².